The van der Waals surface area contributed by atoms with Crippen LogP contribution >= 0.6 is 11.3 Å². The Balaban J connectivity index is 0.000000538. The first-order valence-corrected chi connectivity index (χ1v) is 12.8. The Bertz CT molecular complexity index is 1260. The number of fused-ring (bicyclic) bond motifs is 2. The summed E-state index contributed by atoms with van der Waals surface area (Å²) in [5.41, 5.74) is 1.81. The molecule has 0 spiro atoms. The molecule has 0 radical (unpaired) electrons. The lowest BCUT2D eigenvalue weighted by atomic mass is 10.1. The smallest absolute Gasteiger partial charge is 0.319 e. The van der Waals surface area contributed by atoms with Gasteiger partial charge in [0.2, 0.25) is 0 Å². The highest BCUT2D eigenvalue weighted by Crippen LogP contribution is 2.34. The summed E-state index contributed by atoms with van der Waals surface area (Å²) in [4.78, 5) is 46.5. The van der Waals surface area contributed by atoms with E-state index in [9.17, 15) is 14.4 Å². The molecule has 0 aromatic carbocycles. The highest BCUT2D eigenvalue weighted by molar-refractivity contribution is 7.18. The number of hydrogen-bond acceptors (Lipinski definition) is 10. The molecule has 4 rings (SSSR count). The van der Waals surface area contributed by atoms with Crippen LogP contribution in [0.25, 0.3) is 10.2 Å². The first-order chi connectivity index (χ1) is 17.2. The molecule has 1 aliphatic rings. The van der Waals surface area contributed by atoms with E-state index in [-0.39, 0.29) is 17.5 Å². The van der Waals surface area contributed by atoms with E-state index < -0.39 is 0 Å². The molecule has 0 aliphatic carbocycles. The van der Waals surface area contributed by atoms with Gasteiger partial charge in [0, 0.05) is 44.3 Å². The fraction of sp³-hybridized carbons (Fsp3) is 0.542. The predicted octanol–water partition coefficient (Wildman–Crippen LogP) is 2.74. The second kappa shape index (κ2) is 12.5. The molecule has 11 nitrogen and oxygen atoms in total. The largest absolute Gasteiger partial charge is 0.466 e. The number of hydrogen-bond donors (Lipinski definition) is 1. The number of nitrogens with one attached hydrogen (secondary N) is 1. The summed E-state index contributed by atoms with van der Waals surface area (Å²) in [6, 6.07) is 2.46. The van der Waals surface area contributed by atoms with Crippen molar-refractivity contribution in [3.63, 3.8) is 0 Å². The zero-order valence-electron chi connectivity index (χ0n) is 21.4. The van der Waals surface area contributed by atoms with Crippen LogP contribution in [0.5, 0.6) is 6.01 Å². The van der Waals surface area contributed by atoms with Gasteiger partial charge in [0.25, 0.3) is 5.56 Å². The highest BCUT2D eigenvalue weighted by Gasteiger charge is 2.25. The van der Waals surface area contributed by atoms with Crippen LogP contribution in [-0.4, -0.2) is 58.1 Å². The zero-order chi connectivity index (χ0) is 26.2. The Kier molecular flexibility index (Phi) is 9.45. The molecule has 0 fully saturated rings. The second-order valence-electron chi connectivity index (χ2n) is 8.19. The molecular weight excluding hydrogens is 486 g/mol. The number of aromatic nitrogens is 4. The van der Waals surface area contributed by atoms with Gasteiger partial charge in [-0.25, -0.2) is 0 Å². The monoisotopic (exact) mass is 519 g/mol. The van der Waals surface area contributed by atoms with Crippen molar-refractivity contribution < 1.29 is 23.8 Å². The van der Waals surface area contributed by atoms with Gasteiger partial charge < -0.3 is 19.1 Å². The number of carbonyl (C=O) groups excluding carboxylic acids is 2. The third-order valence-electron chi connectivity index (χ3n) is 5.43. The third-order valence-corrected chi connectivity index (χ3v) is 6.61. The number of thiophene rings is 1. The van der Waals surface area contributed by atoms with Crippen molar-refractivity contribution in [1.82, 2.24) is 19.7 Å². The summed E-state index contributed by atoms with van der Waals surface area (Å²) >= 11 is 1.64. The van der Waals surface area contributed by atoms with E-state index in [1.54, 1.807) is 25.3 Å². The van der Waals surface area contributed by atoms with Crippen molar-refractivity contribution in [2.75, 3.05) is 31.3 Å². The fourth-order valence-electron chi connectivity index (χ4n) is 3.80. The van der Waals surface area contributed by atoms with Gasteiger partial charge in [-0.05, 0) is 25.8 Å². The topological polar surface area (TPSA) is 129 Å². The number of H-pyrrole nitrogens is 1. The van der Waals surface area contributed by atoms with E-state index >= 15 is 0 Å². The lowest BCUT2D eigenvalue weighted by molar-refractivity contribution is -0.141. The first-order valence-electron chi connectivity index (χ1n) is 11.9. The van der Waals surface area contributed by atoms with Crippen molar-refractivity contribution in [2.24, 2.45) is 7.05 Å². The predicted molar refractivity (Wildman–Crippen MR) is 137 cm³/mol. The summed E-state index contributed by atoms with van der Waals surface area (Å²) < 4.78 is 16.6. The van der Waals surface area contributed by atoms with Crippen molar-refractivity contribution in [1.29, 1.82) is 0 Å². The van der Waals surface area contributed by atoms with Gasteiger partial charge in [0.15, 0.2) is 0 Å². The van der Waals surface area contributed by atoms with E-state index in [1.165, 1.54) is 23.4 Å². The van der Waals surface area contributed by atoms with Gasteiger partial charge in [-0.3, -0.25) is 24.2 Å². The number of aromatic amines is 1. The van der Waals surface area contributed by atoms with Crippen LogP contribution in [0.15, 0.2) is 10.9 Å². The number of carbonyl (C=O) groups is 2. The summed E-state index contributed by atoms with van der Waals surface area (Å²) in [5.74, 6) is 0.308. The summed E-state index contributed by atoms with van der Waals surface area (Å²) in [6.45, 7) is 9.11. The van der Waals surface area contributed by atoms with E-state index in [1.807, 2.05) is 0 Å². The van der Waals surface area contributed by atoms with Crippen molar-refractivity contribution in [3.05, 3.63) is 32.6 Å². The van der Waals surface area contributed by atoms with Crippen LogP contribution in [0.4, 0.5) is 5.82 Å². The number of anilines is 1. The maximum atomic E-state index is 12.2. The average molecular weight is 520 g/mol. The Labute approximate surface area is 213 Å². The van der Waals surface area contributed by atoms with Gasteiger partial charge in [-0.1, -0.05) is 6.92 Å². The van der Waals surface area contributed by atoms with Crippen LogP contribution < -0.4 is 15.2 Å². The molecule has 4 heterocycles. The molecule has 12 heteroatoms. The minimum atomic E-state index is -0.302. The maximum absolute atomic E-state index is 12.2. The SMILES string of the molecule is CCOC(C)=O.CCc1cc2c(N3CCc4c([nH]n(C)c4=O)C3)nc(OCCCOC(C)=O)nc2s1. The number of aryl methyl sites for hydroxylation is 2. The molecule has 3 aromatic heterocycles. The van der Waals surface area contributed by atoms with Crippen molar-refractivity contribution in [3.8, 4) is 6.01 Å². The Morgan fingerprint density at radius 3 is 2.53 bits per heavy atom. The molecule has 0 saturated carbocycles. The summed E-state index contributed by atoms with van der Waals surface area (Å²) in [7, 11) is 1.74. The Hall–Kier alpha value is -3.41. The average Bonchev–Trinajstić information content (AvgIpc) is 3.38. The van der Waals surface area contributed by atoms with Crippen LogP contribution in [0, 0.1) is 0 Å². The molecule has 36 heavy (non-hydrogen) atoms. The van der Waals surface area contributed by atoms with Gasteiger partial charge in [0.05, 0.1) is 37.4 Å². The standard InChI is InChI=1S/C20H25N5O4S.C4H8O2/c1-4-13-10-15-17(25-7-6-14-16(11-25)23-24(3)19(14)27)21-20(22-18(15)30-13)29-9-5-8-28-12(2)26;1-3-6-4(2)5/h10,23H,4-9,11H2,1-3H3;3H2,1-2H3. The molecule has 1 aliphatic heterocycles. The minimum Gasteiger partial charge on any atom is -0.466 e. The molecule has 0 amide bonds. The van der Waals surface area contributed by atoms with E-state index in [2.05, 4.69) is 32.7 Å². The number of ether oxygens (including phenoxy) is 3. The van der Waals surface area contributed by atoms with Crippen LogP contribution in [0.3, 0.4) is 0 Å². The minimum absolute atomic E-state index is 0.0399. The van der Waals surface area contributed by atoms with Crippen LogP contribution in [-0.2, 0) is 45.5 Å². The molecule has 0 bridgehead atoms. The van der Waals surface area contributed by atoms with Crippen LogP contribution in [0.1, 0.15) is 50.3 Å². The van der Waals surface area contributed by atoms with Gasteiger partial charge in [0.1, 0.15) is 10.6 Å². The zero-order valence-corrected chi connectivity index (χ0v) is 22.2. The lowest BCUT2D eigenvalue weighted by Crippen LogP contribution is -2.32. The molecule has 0 saturated heterocycles. The Morgan fingerprint density at radius 2 is 1.89 bits per heavy atom. The fourth-order valence-corrected chi connectivity index (χ4v) is 4.75. The quantitative estimate of drug-likeness (QED) is 0.353. The van der Waals surface area contributed by atoms with E-state index in [0.717, 1.165) is 33.7 Å². The maximum Gasteiger partial charge on any atom is 0.319 e. The molecule has 0 unspecified atom stereocenters. The van der Waals surface area contributed by atoms with Crippen molar-refractivity contribution >= 4 is 39.3 Å². The molecule has 3 aromatic rings. The number of rotatable bonds is 8. The molecular formula is C24H33N5O6S. The van der Waals surface area contributed by atoms with E-state index in [0.29, 0.717) is 51.8 Å². The number of esters is 2. The number of nitrogens with zero attached hydrogens (tertiary/aromatic N) is 4. The first kappa shape index (κ1) is 27.2. The van der Waals surface area contributed by atoms with Gasteiger partial charge >= 0.3 is 17.9 Å². The van der Waals surface area contributed by atoms with Gasteiger partial charge in [-0.2, -0.15) is 9.97 Å². The second-order valence-corrected chi connectivity index (χ2v) is 9.30. The Morgan fingerprint density at radius 1 is 1.14 bits per heavy atom. The molecule has 0 atom stereocenters. The normalized spacial score (nSPS) is 12.5. The summed E-state index contributed by atoms with van der Waals surface area (Å²) in [5, 5.41) is 4.16. The summed E-state index contributed by atoms with van der Waals surface area (Å²) in [6.07, 6.45) is 2.16. The van der Waals surface area contributed by atoms with Crippen LogP contribution in [0.2, 0.25) is 0 Å². The highest BCUT2D eigenvalue weighted by atomic mass is 32.1. The third kappa shape index (κ3) is 6.84. The van der Waals surface area contributed by atoms with E-state index in [4.69, 9.17) is 14.5 Å². The molecule has 196 valence electrons. The van der Waals surface area contributed by atoms with Gasteiger partial charge in [-0.15, -0.1) is 11.3 Å². The molecule has 1 N–H and O–H groups in total. The lowest BCUT2D eigenvalue weighted by Gasteiger charge is -2.27. The van der Waals surface area contributed by atoms with Crippen molar-refractivity contribution in [2.45, 2.75) is 53.5 Å².